The molecule has 0 aliphatic rings. The van der Waals surface area contributed by atoms with Crippen molar-refractivity contribution in [1.29, 1.82) is 0 Å². The number of hydrogen-bond donors (Lipinski definition) is 0. The molecule has 1 unspecified atom stereocenters. The van der Waals surface area contributed by atoms with Crippen LogP contribution in [0.2, 0.25) is 0 Å². The first-order valence-corrected chi connectivity index (χ1v) is 8.48. The van der Waals surface area contributed by atoms with Gasteiger partial charge in [0.05, 0.1) is 19.6 Å². The molecule has 5 heteroatoms. The van der Waals surface area contributed by atoms with E-state index in [0.29, 0.717) is 31.3 Å². The summed E-state index contributed by atoms with van der Waals surface area (Å²) in [5.74, 6) is -0.324. The van der Waals surface area contributed by atoms with E-state index in [0.717, 1.165) is 11.1 Å². The van der Waals surface area contributed by atoms with Gasteiger partial charge in [-0.05, 0) is 31.4 Å². The van der Waals surface area contributed by atoms with Gasteiger partial charge in [-0.1, -0.05) is 24.3 Å². The molecule has 0 fully saturated rings. The average molecular weight is 319 g/mol. The molecular formula is C17H22NO3P. The van der Waals surface area contributed by atoms with Gasteiger partial charge in [0, 0.05) is 5.56 Å². The minimum Gasteiger partial charge on any atom is -0.607 e. The molecule has 118 valence electrons. The normalized spacial score (nSPS) is 11.1. The van der Waals surface area contributed by atoms with Crippen LogP contribution in [-0.2, 0) is 22.4 Å². The van der Waals surface area contributed by atoms with E-state index < -0.39 is 7.94 Å². The second-order valence-corrected chi connectivity index (χ2v) is 5.92. The zero-order valence-corrected chi connectivity index (χ0v) is 13.9. The van der Waals surface area contributed by atoms with Crippen molar-refractivity contribution in [3.8, 4) is 0 Å². The summed E-state index contributed by atoms with van der Waals surface area (Å²) in [6, 6.07) is 5.50. The summed E-state index contributed by atoms with van der Waals surface area (Å²) in [4.78, 5) is 24.2. The topological polar surface area (TPSA) is 61.7 Å². The van der Waals surface area contributed by atoms with E-state index in [1.165, 1.54) is 0 Å². The van der Waals surface area contributed by atoms with Crippen LogP contribution in [-0.4, -0.2) is 19.1 Å². The Hall–Kier alpha value is -1.77. The monoisotopic (exact) mass is 319 g/mol. The smallest absolute Gasteiger partial charge is 0.310 e. The summed E-state index contributed by atoms with van der Waals surface area (Å²) in [5, 5.41) is 0.603. The third-order valence-electron chi connectivity index (χ3n) is 3.01. The molecule has 22 heavy (non-hydrogen) atoms. The van der Waals surface area contributed by atoms with E-state index in [1.54, 1.807) is 25.1 Å². The SMILES string of the molecule is C=CCCN=[P+]([O-])c1cccc(CC=C)c1CC(=O)OCC. The van der Waals surface area contributed by atoms with E-state index in [-0.39, 0.29) is 12.4 Å². The Labute approximate surface area is 133 Å². The minimum absolute atomic E-state index is 0.102. The lowest BCUT2D eigenvalue weighted by Crippen LogP contribution is -2.19. The number of rotatable bonds is 9. The van der Waals surface area contributed by atoms with E-state index >= 15 is 0 Å². The van der Waals surface area contributed by atoms with Crippen LogP contribution in [0.15, 0.2) is 48.3 Å². The Morgan fingerprint density at radius 1 is 1.41 bits per heavy atom. The van der Waals surface area contributed by atoms with Gasteiger partial charge in [-0.15, -0.1) is 17.9 Å². The molecule has 1 aromatic rings. The number of benzene rings is 1. The standard InChI is InChI=1S/C17H22NO3P/c1-4-7-12-18-22(20)16-11-8-10-14(9-5-2)15(16)13-17(19)21-6-3/h4-5,8,10-11H,1-2,6-7,9,12-13H2,3H3. The highest BCUT2D eigenvalue weighted by Crippen LogP contribution is 2.21. The van der Waals surface area contributed by atoms with Crippen molar-refractivity contribution in [2.45, 2.75) is 26.2 Å². The molecule has 1 aromatic carbocycles. The van der Waals surface area contributed by atoms with Crippen LogP contribution in [0.25, 0.3) is 0 Å². The van der Waals surface area contributed by atoms with Gasteiger partial charge < -0.3 is 9.63 Å². The maximum Gasteiger partial charge on any atom is 0.310 e. The average Bonchev–Trinajstić information content (AvgIpc) is 2.49. The third-order valence-corrected chi connectivity index (χ3v) is 4.29. The Bertz CT molecular complexity index is 567. The van der Waals surface area contributed by atoms with Crippen LogP contribution in [0.1, 0.15) is 24.5 Å². The molecule has 0 radical (unpaired) electrons. The Balaban J connectivity index is 3.16. The van der Waals surface area contributed by atoms with Gasteiger partial charge in [-0.2, -0.15) is 0 Å². The van der Waals surface area contributed by atoms with Gasteiger partial charge in [0.1, 0.15) is 0 Å². The summed E-state index contributed by atoms with van der Waals surface area (Å²) >= 11 is 0. The van der Waals surface area contributed by atoms with Crippen molar-refractivity contribution < 1.29 is 14.4 Å². The lowest BCUT2D eigenvalue weighted by molar-refractivity contribution is -0.152. The molecule has 0 aliphatic heterocycles. The maximum atomic E-state index is 12.4. The zero-order chi connectivity index (χ0) is 16.4. The van der Waals surface area contributed by atoms with Crippen molar-refractivity contribution in [2.24, 2.45) is 4.74 Å². The van der Waals surface area contributed by atoms with Gasteiger partial charge in [0.25, 0.3) is 0 Å². The van der Waals surface area contributed by atoms with E-state index in [1.807, 2.05) is 12.1 Å². The molecule has 0 aromatic heterocycles. The summed E-state index contributed by atoms with van der Waals surface area (Å²) in [6.07, 6.45) is 4.89. The predicted octanol–water partition coefficient (Wildman–Crippen LogP) is 2.66. The van der Waals surface area contributed by atoms with Gasteiger partial charge in [-0.3, -0.25) is 4.79 Å². The molecule has 0 spiro atoms. The molecule has 0 aliphatic carbocycles. The van der Waals surface area contributed by atoms with E-state index in [4.69, 9.17) is 4.74 Å². The van der Waals surface area contributed by atoms with Crippen LogP contribution in [0.5, 0.6) is 0 Å². The maximum absolute atomic E-state index is 12.4. The van der Waals surface area contributed by atoms with Gasteiger partial charge in [0.15, 0.2) is 5.30 Å². The van der Waals surface area contributed by atoms with Gasteiger partial charge in [0.2, 0.25) is 7.94 Å². The first-order valence-electron chi connectivity index (χ1n) is 7.26. The molecule has 0 saturated carbocycles. The molecule has 0 saturated heterocycles. The number of carbonyl (C=O) groups is 1. The largest absolute Gasteiger partial charge is 0.607 e. The first-order chi connectivity index (χ1) is 10.6. The van der Waals surface area contributed by atoms with E-state index in [9.17, 15) is 9.69 Å². The molecule has 1 atom stereocenters. The van der Waals surface area contributed by atoms with Gasteiger partial charge in [-0.25, -0.2) is 0 Å². The highest BCUT2D eigenvalue weighted by atomic mass is 31.1. The third kappa shape index (κ3) is 5.55. The van der Waals surface area contributed by atoms with Crippen molar-refractivity contribution in [3.63, 3.8) is 0 Å². The Kier molecular flexibility index (Phi) is 8.34. The zero-order valence-electron chi connectivity index (χ0n) is 13.0. The van der Waals surface area contributed by atoms with Gasteiger partial charge >= 0.3 is 5.97 Å². The summed E-state index contributed by atoms with van der Waals surface area (Å²) in [7, 11) is -1.89. The quantitative estimate of drug-likeness (QED) is 0.304. The molecule has 0 N–H and O–H groups in total. The van der Waals surface area contributed by atoms with Crippen molar-refractivity contribution in [3.05, 3.63) is 54.6 Å². The highest BCUT2D eigenvalue weighted by molar-refractivity contribution is 7.48. The van der Waals surface area contributed by atoms with Crippen LogP contribution >= 0.6 is 7.94 Å². The number of allylic oxidation sites excluding steroid dienone is 1. The molecular weight excluding hydrogens is 297 g/mol. The first kappa shape index (κ1) is 18.3. The summed E-state index contributed by atoms with van der Waals surface area (Å²) < 4.78 is 9.17. The molecule has 0 heterocycles. The van der Waals surface area contributed by atoms with Crippen LogP contribution < -0.4 is 10.2 Å². The number of esters is 1. The van der Waals surface area contributed by atoms with Crippen molar-refractivity contribution in [1.82, 2.24) is 0 Å². The summed E-state index contributed by atoms with van der Waals surface area (Å²) in [5.41, 5.74) is 1.67. The molecule has 0 amide bonds. The predicted molar refractivity (Wildman–Crippen MR) is 89.3 cm³/mol. The molecule has 1 rings (SSSR count). The van der Waals surface area contributed by atoms with E-state index in [2.05, 4.69) is 17.9 Å². The number of carbonyl (C=O) groups excluding carboxylic acids is 1. The van der Waals surface area contributed by atoms with Crippen LogP contribution in [0.3, 0.4) is 0 Å². The van der Waals surface area contributed by atoms with Crippen LogP contribution in [0, 0.1) is 0 Å². The molecule has 0 bridgehead atoms. The van der Waals surface area contributed by atoms with Crippen molar-refractivity contribution in [2.75, 3.05) is 13.2 Å². The lowest BCUT2D eigenvalue weighted by atomic mass is 10.0. The molecule has 4 nitrogen and oxygen atoms in total. The number of hydrogen-bond acceptors (Lipinski definition) is 4. The second-order valence-electron chi connectivity index (χ2n) is 4.60. The number of nitrogens with zero attached hydrogens (tertiary/aromatic N) is 1. The number of ether oxygens (including phenoxy) is 1. The fraction of sp³-hybridized carbons (Fsp3) is 0.353. The minimum atomic E-state index is -1.89. The lowest BCUT2D eigenvalue weighted by Gasteiger charge is -2.10. The Morgan fingerprint density at radius 2 is 2.18 bits per heavy atom. The van der Waals surface area contributed by atoms with Crippen LogP contribution in [0.4, 0.5) is 0 Å². The second kappa shape index (κ2) is 10.0. The summed E-state index contributed by atoms with van der Waals surface area (Å²) in [6.45, 7) is 9.90. The highest BCUT2D eigenvalue weighted by Gasteiger charge is 2.19. The fourth-order valence-corrected chi connectivity index (χ4v) is 3.14. The Morgan fingerprint density at radius 3 is 2.82 bits per heavy atom. The fourth-order valence-electron chi connectivity index (χ4n) is 2.02. The van der Waals surface area contributed by atoms with Crippen molar-refractivity contribution >= 4 is 19.2 Å².